The minimum atomic E-state index is -0.340. The molecule has 0 aliphatic rings. The molecule has 144 valence electrons. The number of amides is 1. The third-order valence-electron chi connectivity index (χ3n) is 4.07. The standard InChI is InChI=1S/C21H21FN4O2/c1-14-13-19(20(27)25-16-7-9-17(28-2)10-8-16)26-21(24-14)23-12-11-15-5-3-4-6-18(15)22/h3-10,13H,11-12H2,1-2H3,(H,25,27)(H,23,24,26). The molecule has 1 amide bonds. The van der Waals surface area contributed by atoms with Crippen LogP contribution >= 0.6 is 0 Å². The Morgan fingerprint density at radius 1 is 1.11 bits per heavy atom. The van der Waals surface area contributed by atoms with Crippen molar-refractivity contribution in [3.8, 4) is 5.75 Å². The van der Waals surface area contributed by atoms with Gasteiger partial charge >= 0.3 is 0 Å². The second kappa shape index (κ2) is 8.94. The number of ether oxygens (including phenoxy) is 1. The summed E-state index contributed by atoms with van der Waals surface area (Å²) in [4.78, 5) is 21.1. The minimum Gasteiger partial charge on any atom is -0.497 e. The maximum absolute atomic E-state index is 13.7. The highest BCUT2D eigenvalue weighted by atomic mass is 19.1. The van der Waals surface area contributed by atoms with E-state index in [4.69, 9.17) is 4.74 Å². The molecule has 0 fully saturated rings. The molecule has 0 saturated heterocycles. The quantitative estimate of drug-likeness (QED) is 0.651. The summed E-state index contributed by atoms with van der Waals surface area (Å²) in [6.45, 7) is 2.23. The third-order valence-corrected chi connectivity index (χ3v) is 4.07. The SMILES string of the molecule is COc1ccc(NC(=O)c2cc(C)nc(NCCc3ccccc3F)n2)cc1. The number of benzene rings is 2. The Morgan fingerprint density at radius 2 is 1.86 bits per heavy atom. The van der Waals surface area contributed by atoms with E-state index in [2.05, 4.69) is 20.6 Å². The molecule has 0 radical (unpaired) electrons. The summed E-state index contributed by atoms with van der Waals surface area (Å²) in [7, 11) is 1.58. The fourth-order valence-corrected chi connectivity index (χ4v) is 2.64. The first kappa shape index (κ1) is 19.3. The Bertz CT molecular complexity index is 961. The number of carbonyl (C=O) groups is 1. The van der Waals surface area contributed by atoms with Gasteiger partial charge in [0.25, 0.3) is 5.91 Å². The number of hydrogen-bond donors (Lipinski definition) is 2. The molecule has 3 aromatic rings. The number of nitrogens with one attached hydrogen (secondary N) is 2. The fourth-order valence-electron chi connectivity index (χ4n) is 2.64. The summed E-state index contributed by atoms with van der Waals surface area (Å²) in [5, 5.41) is 5.84. The Morgan fingerprint density at radius 3 is 2.57 bits per heavy atom. The van der Waals surface area contributed by atoms with Crippen LogP contribution in [0.4, 0.5) is 16.0 Å². The molecular weight excluding hydrogens is 359 g/mol. The molecule has 2 aromatic carbocycles. The zero-order valence-electron chi connectivity index (χ0n) is 15.7. The van der Waals surface area contributed by atoms with Gasteiger partial charge in [-0.05, 0) is 55.3 Å². The second-order valence-corrected chi connectivity index (χ2v) is 6.17. The number of methoxy groups -OCH3 is 1. The van der Waals surface area contributed by atoms with Crippen molar-refractivity contribution in [2.75, 3.05) is 24.3 Å². The molecule has 1 aromatic heterocycles. The molecule has 0 unspecified atom stereocenters. The Labute approximate surface area is 162 Å². The smallest absolute Gasteiger partial charge is 0.274 e. The van der Waals surface area contributed by atoms with E-state index in [1.54, 1.807) is 62.6 Å². The Balaban J connectivity index is 1.64. The van der Waals surface area contributed by atoms with Crippen LogP contribution < -0.4 is 15.4 Å². The summed E-state index contributed by atoms with van der Waals surface area (Å²) < 4.78 is 18.8. The van der Waals surface area contributed by atoms with Gasteiger partial charge in [-0.3, -0.25) is 4.79 Å². The van der Waals surface area contributed by atoms with E-state index < -0.39 is 0 Å². The van der Waals surface area contributed by atoms with Crippen LogP contribution in [0.25, 0.3) is 0 Å². The molecule has 0 spiro atoms. The molecule has 3 rings (SSSR count). The van der Waals surface area contributed by atoms with E-state index in [1.807, 2.05) is 0 Å². The monoisotopic (exact) mass is 380 g/mol. The van der Waals surface area contributed by atoms with Gasteiger partial charge in [0.2, 0.25) is 5.95 Å². The van der Waals surface area contributed by atoms with E-state index >= 15 is 0 Å². The van der Waals surface area contributed by atoms with E-state index in [0.29, 0.717) is 41.6 Å². The number of nitrogens with zero attached hydrogens (tertiary/aromatic N) is 2. The van der Waals surface area contributed by atoms with Gasteiger partial charge in [0.1, 0.15) is 17.3 Å². The maximum Gasteiger partial charge on any atom is 0.274 e. The maximum atomic E-state index is 13.7. The van der Waals surface area contributed by atoms with Crippen molar-refractivity contribution in [3.63, 3.8) is 0 Å². The molecule has 1 heterocycles. The second-order valence-electron chi connectivity index (χ2n) is 6.17. The number of aryl methyl sites for hydroxylation is 1. The number of rotatable bonds is 7. The van der Waals surface area contributed by atoms with Gasteiger partial charge in [-0.2, -0.15) is 0 Å². The van der Waals surface area contributed by atoms with Gasteiger partial charge in [-0.1, -0.05) is 18.2 Å². The highest BCUT2D eigenvalue weighted by Crippen LogP contribution is 2.16. The highest BCUT2D eigenvalue weighted by Gasteiger charge is 2.11. The lowest BCUT2D eigenvalue weighted by atomic mass is 10.1. The topological polar surface area (TPSA) is 76.1 Å². The van der Waals surface area contributed by atoms with Crippen LogP contribution in [0.2, 0.25) is 0 Å². The number of halogens is 1. The van der Waals surface area contributed by atoms with Crippen molar-refractivity contribution in [1.82, 2.24) is 9.97 Å². The number of carbonyl (C=O) groups excluding carboxylic acids is 1. The van der Waals surface area contributed by atoms with Crippen LogP contribution in [0.5, 0.6) is 5.75 Å². The number of aromatic nitrogens is 2. The van der Waals surface area contributed by atoms with Gasteiger partial charge in [0, 0.05) is 17.9 Å². The molecule has 0 bridgehead atoms. The highest BCUT2D eigenvalue weighted by molar-refractivity contribution is 6.03. The van der Waals surface area contributed by atoms with E-state index in [-0.39, 0.29) is 17.4 Å². The first-order valence-electron chi connectivity index (χ1n) is 8.83. The normalized spacial score (nSPS) is 10.4. The fraction of sp³-hybridized carbons (Fsp3) is 0.190. The molecule has 0 saturated carbocycles. The minimum absolute atomic E-state index is 0.242. The molecule has 0 aliphatic heterocycles. The van der Waals surface area contributed by atoms with Gasteiger partial charge in [-0.25, -0.2) is 14.4 Å². The van der Waals surface area contributed by atoms with Crippen molar-refractivity contribution in [2.24, 2.45) is 0 Å². The van der Waals surface area contributed by atoms with Crippen molar-refractivity contribution in [3.05, 3.63) is 77.4 Å². The van der Waals surface area contributed by atoms with Crippen molar-refractivity contribution in [2.45, 2.75) is 13.3 Å². The van der Waals surface area contributed by atoms with Crippen LogP contribution in [0.3, 0.4) is 0 Å². The molecular formula is C21H21FN4O2. The summed E-state index contributed by atoms with van der Waals surface area (Å²) >= 11 is 0. The average Bonchev–Trinajstić information content (AvgIpc) is 2.69. The van der Waals surface area contributed by atoms with Crippen molar-refractivity contribution >= 4 is 17.5 Å². The first-order chi connectivity index (χ1) is 13.5. The van der Waals surface area contributed by atoms with Crippen LogP contribution in [-0.2, 0) is 6.42 Å². The molecule has 0 atom stereocenters. The first-order valence-corrected chi connectivity index (χ1v) is 8.83. The predicted octanol–water partition coefficient (Wildman–Crippen LogP) is 3.84. The van der Waals surface area contributed by atoms with Gasteiger partial charge in [0.15, 0.2) is 0 Å². The summed E-state index contributed by atoms with van der Waals surface area (Å²) in [6.07, 6.45) is 0.483. The van der Waals surface area contributed by atoms with E-state index in [9.17, 15) is 9.18 Å². The zero-order valence-corrected chi connectivity index (χ0v) is 15.7. The molecule has 7 heteroatoms. The lowest BCUT2D eigenvalue weighted by molar-refractivity contribution is 0.102. The molecule has 2 N–H and O–H groups in total. The van der Waals surface area contributed by atoms with Gasteiger partial charge in [0.05, 0.1) is 7.11 Å². The summed E-state index contributed by atoms with van der Waals surface area (Å²) in [6, 6.07) is 15.2. The largest absolute Gasteiger partial charge is 0.497 e. The zero-order chi connectivity index (χ0) is 19.9. The van der Waals surface area contributed by atoms with Gasteiger partial charge in [-0.15, -0.1) is 0 Å². The van der Waals surface area contributed by atoms with E-state index in [1.165, 1.54) is 6.07 Å². The van der Waals surface area contributed by atoms with Crippen molar-refractivity contribution in [1.29, 1.82) is 0 Å². The van der Waals surface area contributed by atoms with Crippen LogP contribution in [-0.4, -0.2) is 29.5 Å². The van der Waals surface area contributed by atoms with Crippen LogP contribution in [0.15, 0.2) is 54.6 Å². The Hall–Kier alpha value is -3.48. The van der Waals surface area contributed by atoms with Crippen LogP contribution in [0, 0.1) is 12.7 Å². The Kier molecular flexibility index (Phi) is 6.16. The lowest BCUT2D eigenvalue weighted by Gasteiger charge is -2.09. The molecule has 6 nitrogen and oxygen atoms in total. The summed E-state index contributed by atoms with van der Waals surface area (Å²) in [5.41, 5.74) is 2.15. The average molecular weight is 380 g/mol. The van der Waals surface area contributed by atoms with Gasteiger partial charge < -0.3 is 15.4 Å². The number of hydrogen-bond acceptors (Lipinski definition) is 5. The summed E-state index contributed by atoms with van der Waals surface area (Å²) in [5.74, 6) is 0.454. The predicted molar refractivity (Wildman–Crippen MR) is 106 cm³/mol. The third kappa shape index (κ3) is 5.03. The number of anilines is 2. The molecule has 0 aliphatic carbocycles. The molecule has 28 heavy (non-hydrogen) atoms. The van der Waals surface area contributed by atoms with E-state index in [0.717, 1.165) is 0 Å². The lowest BCUT2D eigenvalue weighted by Crippen LogP contribution is -2.17. The van der Waals surface area contributed by atoms with Crippen LogP contribution in [0.1, 0.15) is 21.7 Å². The van der Waals surface area contributed by atoms with Crippen molar-refractivity contribution < 1.29 is 13.9 Å².